The second-order valence-corrected chi connectivity index (χ2v) is 7.47. The maximum absolute atomic E-state index is 13.5. The third-order valence-electron chi connectivity index (χ3n) is 5.04. The molecular weight excluding hydrogens is 428 g/mol. The molecule has 4 aromatic rings. The maximum Gasteiger partial charge on any atom is 0.330 e. The van der Waals surface area contributed by atoms with Crippen LogP contribution in [-0.2, 0) is 0 Å². The van der Waals surface area contributed by atoms with Gasteiger partial charge in [-0.15, -0.1) is 0 Å². The summed E-state index contributed by atoms with van der Waals surface area (Å²) in [7, 11) is 0. The zero-order valence-corrected chi connectivity index (χ0v) is 17.5. The van der Waals surface area contributed by atoms with E-state index in [4.69, 9.17) is 16.3 Å². The third-order valence-corrected chi connectivity index (χ3v) is 5.29. The third kappa shape index (κ3) is 3.95. The van der Waals surface area contributed by atoms with Gasteiger partial charge in [0.05, 0.1) is 25.0 Å². The van der Waals surface area contributed by atoms with Crippen molar-refractivity contribution in [3.05, 3.63) is 96.3 Å². The Morgan fingerprint density at radius 3 is 2.44 bits per heavy atom. The number of carbonyl (C=O) groups is 1. The minimum absolute atomic E-state index is 0.196. The molecule has 1 fully saturated rings. The minimum Gasteiger partial charge on any atom is -0.437 e. The molecule has 0 aliphatic carbocycles. The van der Waals surface area contributed by atoms with E-state index in [1.54, 1.807) is 59.1 Å². The van der Waals surface area contributed by atoms with E-state index in [0.717, 1.165) is 11.3 Å². The summed E-state index contributed by atoms with van der Waals surface area (Å²) in [6, 6.07) is 14.3. The van der Waals surface area contributed by atoms with Crippen LogP contribution >= 0.6 is 11.6 Å². The van der Waals surface area contributed by atoms with Crippen LogP contribution in [0.25, 0.3) is 0 Å². The standard InChI is InChI=1S/C23H17ClN6O2/c24-17-4-6-18(7-5-17)30-20(15-29(23(30)31)21-13-25-8-10-27-21)16-2-1-3-19(12-16)32-22-14-26-9-11-28-22/h1-14,20H,15H2/t20-/m1/s1. The molecule has 0 bridgehead atoms. The number of rotatable bonds is 5. The fourth-order valence-corrected chi connectivity index (χ4v) is 3.73. The van der Waals surface area contributed by atoms with Crippen molar-refractivity contribution < 1.29 is 9.53 Å². The molecule has 0 spiro atoms. The second-order valence-electron chi connectivity index (χ2n) is 7.04. The largest absolute Gasteiger partial charge is 0.437 e. The average molecular weight is 445 g/mol. The molecule has 0 saturated carbocycles. The predicted octanol–water partition coefficient (Wildman–Crippen LogP) is 4.90. The molecule has 1 atom stereocenters. The molecule has 158 valence electrons. The lowest BCUT2D eigenvalue weighted by Gasteiger charge is -2.24. The second kappa shape index (κ2) is 8.60. The Morgan fingerprint density at radius 1 is 0.938 bits per heavy atom. The highest BCUT2D eigenvalue weighted by molar-refractivity contribution is 6.30. The van der Waals surface area contributed by atoms with Crippen LogP contribution in [-0.4, -0.2) is 32.5 Å². The summed E-state index contributed by atoms with van der Waals surface area (Å²) in [4.78, 5) is 33.4. The molecule has 1 saturated heterocycles. The Morgan fingerprint density at radius 2 is 1.72 bits per heavy atom. The lowest BCUT2D eigenvalue weighted by Crippen LogP contribution is -2.32. The van der Waals surface area contributed by atoms with Gasteiger partial charge in [0.15, 0.2) is 5.82 Å². The minimum atomic E-state index is -0.281. The molecule has 2 aromatic heterocycles. The Kier molecular flexibility index (Phi) is 5.35. The number of carbonyl (C=O) groups excluding carboxylic acids is 1. The Hall–Kier alpha value is -4.04. The van der Waals surface area contributed by atoms with Crippen LogP contribution in [0, 0.1) is 0 Å². The van der Waals surface area contributed by atoms with Crippen molar-refractivity contribution in [1.29, 1.82) is 0 Å². The summed E-state index contributed by atoms with van der Waals surface area (Å²) in [6.07, 6.45) is 9.41. The van der Waals surface area contributed by atoms with Crippen LogP contribution in [0.2, 0.25) is 5.02 Å². The highest BCUT2D eigenvalue weighted by Gasteiger charge is 2.40. The number of halogens is 1. The molecule has 5 rings (SSSR count). The normalized spacial score (nSPS) is 15.8. The van der Waals surface area contributed by atoms with Crippen LogP contribution in [0.4, 0.5) is 16.3 Å². The smallest absolute Gasteiger partial charge is 0.330 e. The van der Waals surface area contributed by atoms with E-state index in [0.29, 0.717) is 29.0 Å². The molecule has 9 heteroatoms. The van der Waals surface area contributed by atoms with Gasteiger partial charge in [-0.3, -0.25) is 19.8 Å². The number of nitrogens with zero attached hydrogens (tertiary/aromatic N) is 6. The van der Waals surface area contributed by atoms with Gasteiger partial charge in [-0.2, -0.15) is 0 Å². The summed E-state index contributed by atoms with van der Waals surface area (Å²) in [5, 5.41) is 0.599. The molecule has 8 nitrogen and oxygen atoms in total. The number of hydrogen-bond acceptors (Lipinski definition) is 6. The Bertz CT molecular complexity index is 1220. The van der Waals surface area contributed by atoms with Crippen LogP contribution < -0.4 is 14.5 Å². The van der Waals surface area contributed by atoms with E-state index in [2.05, 4.69) is 19.9 Å². The van der Waals surface area contributed by atoms with Crippen molar-refractivity contribution in [1.82, 2.24) is 19.9 Å². The average Bonchev–Trinajstić information content (AvgIpc) is 3.18. The van der Waals surface area contributed by atoms with Gasteiger partial charge in [0.25, 0.3) is 0 Å². The van der Waals surface area contributed by atoms with E-state index >= 15 is 0 Å². The van der Waals surface area contributed by atoms with Gasteiger partial charge in [-0.1, -0.05) is 23.7 Å². The molecule has 0 unspecified atom stereocenters. The van der Waals surface area contributed by atoms with Crippen LogP contribution in [0.5, 0.6) is 11.6 Å². The first-order valence-corrected chi connectivity index (χ1v) is 10.2. The van der Waals surface area contributed by atoms with E-state index in [1.807, 2.05) is 36.4 Å². The number of anilines is 2. The fourth-order valence-electron chi connectivity index (χ4n) is 3.61. The number of benzene rings is 2. The zero-order valence-electron chi connectivity index (χ0n) is 16.7. The molecule has 2 aromatic carbocycles. The number of hydrogen-bond donors (Lipinski definition) is 0. The molecule has 32 heavy (non-hydrogen) atoms. The first kappa shape index (κ1) is 19.9. The summed E-state index contributed by atoms with van der Waals surface area (Å²) in [6.45, 7) is 0.398. The van der Waals surface area contributed by atoms with Gasteiger partial charge in [0.2, 0.25) is 5.88 Å². The molecule has 1 aliphatic rings. The quantitative estimate of drug-likeness (QED) is 0.435. The molecule has 1 aliphatic heterocycles. The monoisotopic (exact) mass is 444 g/mol. The van der Waals surface area contributed by atoms with E-state index in [-0.39, 0.29) is 12.1 Å². The topological polar surface area (TPSA) is 84.3 Å². The summed E-state index contributed by atoms with van der Waals surface area (Å²) in [5.74, 6) is 1.48. The van der Waals surface area contributed by atoms with Crippen molar-refractivity contribution in [2.45, 2.75) is 6.04 Å². The predicted molar refractivity (Wildman–Crippen MR) is 120 cm³/mol. The van der Waals surface area contributed by atoms with Gasteiger partial charge in [-0.25, -0.2) is 14.8 Å². The van der Waals surface area contributed by atoms with Gasteiger partial charge in [0, 0.05) is 35.5 Å². The van der Waals surface area contributed by atoms with Crippen molar-refractivity contribution in [2.24, 2.45) is 0 Å². The zero-order chi connectivity index (χ0) is 21.9. The van der Waals surface area contributed by atoms with Crippen molar-refractivity contribution in [3.63, 3.8) is 0 Å². The molecule has 0 N–H and O–H groups in total. The van der Waals surface area contributed by atoms with Crippen LogP contribution in [0.3, 0.4) is 0 Å². The molecule has 2 amide bonds. The summed E-state index contributed by atoms with van der Waals surface area (Å²) in [5.41, 5.74) is 1.64. The van der Waals surface area contributed by atoms with Gasteiger partial charge < -0.3 is 4.74 Å². The van der Waals surface area contributed by atoms with Crippen LogP contribution in [0.15, 0.2) is 85.7 Å². The highest BCUT2D eigenvalue weighted by atomic mass is 35.5. The number of urea groups is 1. The highest BCUT2D eigenvalue weighted by Crippen LogP contribution is 2.37. The van der Waals surface area contributed by atoms with E-state index < -0.39 is 0 Å². The molecule has 3 heterocycles. The number of ether oxygens (including phenoxy) is 1. The Balaban J connectivity index is 1.52. The van der Waals surface area contributed by atoms with Crippen molar-refractivity contribution in [3.8, 4) is 11.6 Å². The molecular formula is C23H17ClN6O2. The fraction of sp³-hybridized carbons (Fsp3) is 0.0870. The first-order chi connectivity index (χ1) is 15.7. The van der Waals surface area contributed by atoms with Crippen molar-refractivity contribution in [2.75, 3.05) is 16.3 Å². The van der Waals surface area contributed by atoms with Gasteiger partial charge in [0.1, 0.15) is 5.75 Å². The lowest BCUT2D eigenvalue weighted by atomic mass is 10.1. The van der Waals surface area contributed by atoms with Crippen molar-refractivity contribution >= 4 is 29.1 Å². The molecule has 0 radical (unpaired) electrons. The summed E-state index contributed by atoms with van der Waals surface area (Å²) < 4.78 is 5.84. The number of aromatic nitrogens is 4. The van der Waals surface area contributed by atoms with Gasteiger partial charge in [-0.05, 0) is 42.0 Å². The van der Waals surface area contributed by atoms with E-state index in [9.17, 15) is 4.79 Å². The summed E-state index contributed by atoms with van der Waals surface area (Å²) >= 11 is 6.07. The SMILES string of the molecule is O=C1N(c2cnccn2)C[C@H](c2cccc(Oc3cnccn3)c2)N1c1ccc(Cl)cc1. The number of amides is 2. The van der Waals surface area contributed by atoms with Gasteiger partial charge >= 0.3 is 6.03 Å². The maximum atomic E-state index is 13.5. The lowest BCUT2D eigenvalue weighted by molar-refractivity contribution is 0.255. The first-order valence-electron chi connectivity index (χ1n) is 9.85. The Labute approximate surface area is 189 Å². The van der Waals surface area contributed by atoms with E-state index in [1.165, 1.54) is 0 Å². The van der Waals surface area contributed by atoms with Crippen LogP contribution in [0.1, 0.15) is 11.6 Å².